The Hall–Kier alpha value is -0.790. The van der Waals surface area contributed by atoms with Crippen molar-refractivity contribution in [2.75, 3.05) is 0 Å². The van der Waals surface area contributed by atoms with E-state index >= 15 is 0 Å². The maximum atomic E-state index is 11.0. The Labute approximate surface area is 75.8 Å². The molecule has 2 aliphatic rings. The van der Waals surface area contributed by atoms with Gasteiger partial charge in [-0.3, -0.25) is 10.2 Å². The predicted molar refractivity (Wildman–Crippen MR) is 49.3 cm³/mol. The van der Waals surface area contributed by atoms with Crippen LogP contribution < -0.4 is 5.43 Å². The first-order chi connectivity index (χ1) is 5.29. The number of carbonyl (C=O) groups excluding carboxylic acids is 1. The second-order valence-corrected chi connectivity index (χ2v) is 3.08. The Balaban J connectivity index is 2.42. The van der Waals surface area contributed by atoms with E-state index in [9.17, 15) is 4.79 Å². The number of nitrogens with one attached hydrogen (secondary N) is 1. The van der Waals surface area contributed by atoms with Gasteiger partial charge in [0.05, 0.1) is 0 Å². The molecule has 0 radical (unpaired) electrons. The first-order valence-electron chi connectivity index (χ1n) is 2.92. The van der Waals surface area contributed by atoms with Gasteiger partial charge in [0.1, 0.15) is 15.8 Å². The van der Waals surface area contributed by atoms with Crippen LogP contribution in [-0.4, -0.2) is 27.7 Å². The second-order valence-electron chi connectivity index (χ2n) is 2.06. The van der Waals surface area contributed by atoms with Crippen LogP contribution >= 0.6 is 22.6 Å². The van der Waals surface area contributed by atoms with Crippen LogP contribution in [-0.2, 0) is 4.79 Å². The van der Waals surface area contributed by atoms with Crippen LogP contribution in [0.25, 0.3) is 0 Å². The van der Waals surface area contributed by atoms with Crippen LogP contribution in [0.2, 0.25) is 0 Å². The van der Waals surface area contributed by atoms with Crippen molar-refractivity contribution in [3.63, 3.8) is 0 Å². The molecule has 0 saturated heterocycles. The number of aliphatic imine (C=N–C) groups is 2. The van der Waals surface area contributed by atoms with Gasteiger partial charge < -0.3 is 0 Å². The molecule has 5 nitrogen and oxygen atoms in total. The molecule has 6 heteroatoms. The summed E-state index contributed by atoms with van der Waals surface area (Å²) in [6.07, 6.45) is 1.26. The van der Waals surface area contributed by atoms with E-state index in [1.54, 1.807) is 0 Å². The lowest BCUT2D eigenvalue weighted by Gasteiger charge is -2.07. The number of amides is 1. The topological polar surface area (TPSA) is 66.2 Å². The van der Waals surface area contributed by atoms with Crippen molar-refractivity contribution >= 4 is 44.3 Å². The molecule has 2 heterocycles. The van der Waals surface area contributed by atoms with Gasteiger partial charge in [0, 0.05) is 0 Å². The lowest BCUT2D eigenvalue weighted by atomic mass is 10.2. The monoisotopic (exact) mass is 262 g/mol. The first-order valence-corrected chi connectivity index (χ1v) is 4.00. The van der Waals surface area contributed by atoms with Gasteiger partial charge >= 0.3 is 0 Å². The number of nitrogens with zero attached hydrogens (tertiary/aromatic N) is 3. The minimum atomic E-state index is -0.438. The van der Waals surface area contributed by atoms with Crippen molar-refractivity contribution in [2.45, 2.75) is 6.04 Å². The average molecular weight is 262 g/mol. The van der Waals surface area contributed by atoms with E-state index in [0.29, 0.717) is 5.71 Å². The lowest BCUT2D eigenvalue weighted by Crippen LogP contribution is -2.38. The summed E-state index contributed by atoms with van der Waals surface area (Å²) in [6, 6.07) is -0.438. The van der Waals surface area contributed by atoms with Crippen molar-refractivity contribution in [2.24, 2.45) is 15.1 Å². The van der Waals surface area contributed by atoms with Gasteiger partial charge in [-0.1, -0.05) is 0 Å². The Bertz CT molecular complexity index is 306. The summed E-state index contributed by atoms with van der Waals surface area (Å²) in [6.45, 7) is 0. The van der Waals surface area contributed by atoms with Gasteiger partial charge in [-0.05, 0) is 22.6 Å². The van der Waals surface area contributed by atoms with Gasteiger partial charge in [-0.15, -0.1) is 0 Å². The first kappa shape index (κ1) is 6.89. The number of halogens is 1. The van der Waals surface area contributed by atoms with E-state index in [1.807, 2.05) is 22.6 Å². The number of hydrogen-bond acceptors (Lipinski definition) is 4. The highest BCUT2D eigenvalue weighted by molar-refractivity contribution is 14.1. The highest BCUT2D eigenvalue weighted by atomic mass is 127. The van der Waals surface area contributed by atoms with Crippen LogP contribution in [0.4, 0.5) is 0 Å². The molecule has 0 saturated carbocycles. The molecule has 11 heavy (non-hydrogen) atoms. The van der Waals surface area contributed by atoms with Crippen LogP contribution in [0.5, 0.6) is 0 Å². The maximum Gasteiger partial charge on any atom is 0.277 e. The summed E-state index contributed by atoms with van der Waals surface area (Å²) >= 11 is 2.02. The number of hydrazone groups is 1. The molecule has 0 fully saturated rings. The van der Waals surface area contributed by atoms with Crippen molar-refractivity contribution in [1.82, 2.24) is 5.43 Å². The van der Waals surface area contributed by atoms with Crippen LogP contribution in [0.1, 0.15) is 0 Å². The zero-order valence-corrected chi connectivity index (χ0v) is 7.44. The molecule has 0 bridgehead atoms. The smallest absolute Gasteiger partial charge is 0.277 e. The minimum absolute atomic E-state index is 0.231. The number of fused-ring (bicyclic) bond motifs is 1. The van der Waals surface area contributed by atoms with Crippen molar-refractivity contribution in [3.05, 3.63) is 0 Å². The number of rotatable bonds is 0. The SMILES string of the molecule is O=C1N=CN=C2C(I)=NNC12. The molecular weight excluding hydrogens is 259 g/mol. The van der Waals surface area contributed by atoms with E-state index in [1.165, 1.54) is 6.34 Å². The number of hydrogen-bond donors (Lipinski definition) is 1. The van der Waals surface area contributed by atoms with Crippen molar-refractivity contribution in [1.29, 1.82) is 0 Å². The summed E-state index contributed by atoms with van der Waals surface area (Å²) in [5.74, 6) is -0.231. The molecule has 2 rings (SSSR count). The molecule has 1 unspecified atom stereocenters. The molecule has 0 spiro atoms. The summed E-state index contributed by atoms with van der Waals surface area (Å²) in [4.78, 5) is 18.4. The van der Waals surface area contributed by atoms with Crippen LogP contribution in [0.3, 0.4) is 0 Å². The fraction of sp³-hybridized carbons (Fsp3) is 0.200. The Morgan fingerprint density at radius 3 is 3.18 bits per heavy atom. The quantitative estimate of drug-likeness (QED) is 0.610. The zero-order valence-electron chi connectivity index (χ0n) is 5.28. The molecule has 0 aliphatic carbocycles. The van der Waals surface area contributed by atoms with E-state index in [4.69, 9.17) is 0 Å². The van der Waals surface area contributed by atoms with Gasteiger partial charge in [-0.25, -0.2) is 4.99 Å². The second kappa shape index (κ2) is 2.36. The van der Waals surface area contributed by atoms with E-state index < -0.39 is 6.04 Å². The fourth-order valence-corrected chi connectivity index (χ4v) is 1.47. The van der Waals surface area contributed by atoms with E-state index in [0.717, 1.165) is 3.72 Å². The lowest BCUT2D eigenvalue weighted by molar-refractivity contribution is -0.118. The van der Waals surface area contributed by atoms with E-state index in [-0.39, 0.29) is 5.91 Å². The molecule has 0 aromatic carbocycles. The molecule has 1 N–H and O–H groups in total. The van der Waals surface area contributed by atoms with E-state index in [2.05, 4.69) is 20.5 Å². The third-order valence-electron chi connectivity index (χ3n) is 1.41. The largest absolute Gasteiger partial charge is 0.290 e. The molecule has 2 aliphatic heterocycles. The molecule has 1 atom stereocenters. The molecular formula is C5H3IN4O. The summed E-state index contributed by atoms with van der Waals surface area (Å²) in [7, 11) is 0. The third kappa shape index (κ3) is 0.971. The highest BCUT2D eigenvalue weighted by Gasteiger charge is 2.32. The van der Waals surface area contributed by atoms with Crippen LogP contribution in [0, 0.1) is 0 Å². The maximum absolute atomic E-state index is 11.0. The Morgan fingerprint density at radius 2 is 2.45 bits per heavy atom. The third-order valence-corrected chi connectivity index (χ3v) is 2.20. The summed E-state index contributed by atoms with van der Waals surface area (Å²) in [5.41, 5.74) is 3.32. The van der Waals surface area contributed by atoms with Gasteiger partial charge in [-0.2, -0.15) is 10.1 Å². The number of carbonyl (C=O) groups is 1. The molecule has 0 aromatic heterocycles. The minimum Gasteiger partial charge on any atom is -0.290 e. The molecule has 56 valence electrons. The summed E-state index contributed by atoms with van der Waals surface area (Å²) < 4.78 is 0.729. The van der Waals surface area contributed by atoms with Gasteiger partial charge in [0.2, 0.25) is 0 Å². The van der Waals surface area contributed by atoms with Gasteiger partial charge in [0.15, 0.2) is 6.04 Å². The highest BCUT2D eigenvalue weighted by Crippen LogP contribution is 2.10. The average Bonchev–Trinajstić information content (AvgIpc) is 2.35. The fourth-order valence-electron chi connectivity index (χ4n) is 0.881. The van der Waals surface area contributed by atoms with Gasteiger partial charge in [0.25, 0.3) is 5.91 Å². The molecule has 1 amide bonds. The van der Waals surface area contributed by atoms with Crippen molar-refractivity contribution < 1.29 is 4.79 Å². The zero-order chi connectivity index (χ0) is 7.84. The summed E-state index contributed by atoms with van der Waals surface area (Å²) in [5, 5.41) is 3.85. The standard InChI is InChI=1S/C5H3IN4O/c6-4-2-3(9-10-4)5(11)8-1-7-2/h1,3,9H. The van der Waals surface area contributed by atoms with Crippen LogP contribution in [0.15, 0.2) is 15.1 Å². The molecule has 0 aromatic rings. The predicted octanol–water partition coefficient (Wildman–Crippen LogP) is -0.284. The van der Waals surface area contributed by atoms with Crippen molar-refractivity contribution in [3.8, 4) is 0 Å². The Kier molecular flexibility index (Phi) is 1.48. The normalized spacial score (nSPS) is 27.4. The Morgan fingerprint density at radius 1 is 1.64 bits per heavy atom.